The first-order valence-electron chi connectivity index (χ1n) is 15.7. The summed E-state index contributed by atoms with van der Waals surface area (Å²) in [7, 11) is -4.76. The molecule has 0 aromatic heterocycles. The second-order valence-electron chi connectivity index (χ2n) is 10.7. The number of hydrogen-bond donors (Lipinski definition) is 4. The zero-order valence-electron chi connectivity index (χ0n) is 26.8. The molecule has 0 aliphatic heterocycles. The second kappa shape index (κ2) is 30.6. The van der Waals surface area contributed by atoms with E-state index in [0.29, 0.717) is 0 Å². The number of esters is 2. The first-order chi connectivity index (χ1) is 20.4. The molecule has 44 heavy (non-hydrogen) atoms. The predicted molar refractivity (Wildman–Crippen MR) is 165 cm³/mol. The third-order valence-electron chi connectivity index (χ3n) is 7.02. The quantitative estimate of drug-likeness (QED) is 0.0215. The van der Waals surface area contributed by atoms with Crippen molar-refractivity contribution in [3.05, 3.63) is 0 Å². The molecule has 0 radical (unpaired) electrons. The van der Waals surface area contributed by atoms with Crippen molar-refractivity contribution in [2.24, 2.45) is 11.8 Å². The van der Waals surface area contributed by atoms with E-state index < -0.39 is 51.9 Å². The normalized spacial score (nSPS) is 13.6. The van der Waals surface area contributed by atoms with Gasteiger partial charge in [0.05, 0.1) is 19.6 Å². The van der Waals surface area contributed by atoms with Crippen molar-refractivity contribution in [3.8, 4) is 0 Å². The third kappa shape index (κ3) is 26.4. The zero-order chi connectivity index (χ0) is 33.2. The van der Waals surface area contributed by atoms with Gasteiger partial charge in [0.2, 0.25) is 0 Å². The van der Waals surface area contributed by atoms with Gasteiger partial charge in [0.1, 0.15) is 0 Å². The summed E-state index contributed by atoms with van der Waals surface area (Å²) in [4.78, 5) is 24.2. The molecule has 0 aromatic carbocycles. The molecular formula is C28H59NaO13STi. The molecule has 0 aliphatic carbocycles. The van der Waals surface area contributed by atoms with Crippen molar-refractivity contribution >= 4 is 51.6 Å². The van der Waals surface area contributed by atoms with Gasteiger partial charge in [0.25, 0.3) is 10.1 Å². The molecule has 0 rings (SSSR count). The summed E-state index contributed by atoms with van der Waals surface area (Å²) in [6.45, 7) is 10.7. The van der Waals surface area contributed by atoms with Crippen molar-refractivity contribution in [1.29, 1.82) is 0 Å². The average molecular weight is 707 g/mol. The Morgan fingerprint density at radius 3 is 1.61 bits per heavy atom. The summed E-state index contributed by atoms with van der Waals surface area (Å²) in [6, 6.07) is 0. The van der Waals surface area contributed by atoms with Crippen LogP contribution in [0.15, 0.2) is 0 Å². The van der Waals surface area contributed by atoms with Crippen LogP contribution in [-0.2, 0) is 57.6 Å². The van der Waals surface area contributed by atoms with Crippen LogP contribution in [0.2, 0.25) is 0 Å². The Balaban J connectivity index is -0.000000890. The van der Waals surface area contributed by atoms with Crippen LogP contribution in [0.5, 0.6) is 0 Å². The number of unbranched alkanes of at least 4 members (excludes halogenated alkanes) is 7. The molecule has 0 heterocycles. The monoisotopic (exact) mass is 706 g/mol. The molecule has 3 atom stereocenters. The molecule has 13 nitrogen and oxygen atoms in total. The maximum absolute atomic E-state index is 12.2. The summed E-state index contributed by atoms with van der Waals surface area (Å²) in [6.07, 6.45) is 13.2. The van der Waals surface area contributed by atoms with Crippen LogP contribution in [0.25, 0.3) is 0 Å². The van der Waals surface area contributed by atoms with Gasteiger partial charge in [-0.2, -0.15) is 8.42 Å². The predicted octanol–water partition coefficient (Wildman–Crippen LogP) is 5.65. The van der Waals surface area contributed by atoms with E-state index in [2.05, 4.69) is 27.7 Å². The Labute approximate surface area is 292 Å². The Morgan fingerprint density at radius 2 is 1.18 bits per heavy atom. The minimum absolute atomic E-state index is 0. The SMILES string of the molecule is CCCCC(CC)COC(=O)CC(C(=O)OCC(CC)CCCC)S(=O)(=O)O.CCCCCCCC[O][Ti]([OH])([O]O)[O]O.[NaH]. The van der Waals surface area contributed by atoms with Crippen LogP contribution in [0, 0.1) is 11.8 Å². The third-order valence-corrected chi connectivity index (χ3v) is 9.70. The van der Waals surface area contributed by atoms with Crippen LogP contribution in [-0.4, -0.2) is 93.7 Å². The Morgan fingerprint density at radius 1 is 0.727 bits per heavy atom. The fraction of sp³-hybridized carbons (Fsp3) is 0.929. The van der Waals surface area contributed by atoms with Crippen molar-refractivity contribution in [2.45, 2.75) is 136 Å². The second-order valence-corrected chi connectivity index (χ2v) is 14.9. The number of hydrogen-bond acceptors (Lipinski definition) is 12. The molecule has 0 amide bonds. The van der Waals surface area contributed by atoms with Crippen molar-refractivity contribution < 1.29 is 74.6 Å². The maximum atomic E-state index is 12.2. The molecule has 0 bridgehead atoms. The first kappa shape index (κ1) is 48.7. The van der Waals surface area contributed by atoms with Crippen LogP contribution >= 0.6 is 0 Å². The summed E-state index contributed by atoms with van der Waals surface area (Å²) in [5, 5.41) is 14.4. The van der Waals surface area contributed by atoms with Gasteiger partial charge >= 0.3 is 136 Å². The van der Waals surface area contributed by atoms with Crippen LogP contribution in [0.3, 0.4) is 0 Å². The van der Waals surface area contributed by atoms with Crippen molar-refractivity contribution in [1.82, 2.24) is 0 Å². The molecule has 0 aromatic rings. The topological polar surface area (TPSA) is 195 Å². The number of ether oxygens (including phenoxy) is 2. The van der Waals surface area contributed by atoms with E-state index in [9.17, 15) is 22.6 Å². The van der Waals surface area contributed by atoms with Gasteiger partial charge in [0.15, 0.2) is 5.25 Å². The summed E-state index contributed by atoms with van der Waals surface area (Å²) < 4.78 is 63.7. The fourth-order valence-corrected chi connectivity index (χ4v) is 5.48. The van der Waals surface area contributed by atoms with Crippen molar-refractivity contribution in [3.63, 3.8) is 0 Å². The van der Waals surface area contributed by atoms with Gasteiger partial charge in [-0.25, -0.2) is 0 Å². The number of carbonyl (C=O) groups is 2. The van der Waals surface area contributed by atoms with E-state index in [1.807, 2.05) is 13.8 Å². The minimum atomic E-state index is -4.76. The van der Waals surface area contributed by atoms with E-state index in [4.69, 9.17) is 27.0 Å². The van der Waals surface area contributed by atoms with Crippen LogP contribution in [0.4, 0.5) is 0 Å². The molecule has 0 saturated heterocycles. The van der Waals surface area contributed by atoms with E-state index in [-0.39, 0.29) is 61.2 Å². The van der Waals surface area contributed by atoms with Crippen LogP contribution in [0.1, 0.15) is 131 Å². The van der Waals surface area contributed by atoms with Crippen LogP contribution < -0.4 is 0 Å². The Hall–Kier alpha value is 0.324. The number of rotatable bonds is 26. The van der Waals surface area contributed by atoms with Gasteiger partial charge in [-0.1, -0.05) is 66.2 Å². The summed E-state index contributed by atoms with van der Waals surface area (Å²) in [5.41, 5.74) is 0. The van der Waals surface area contributed by atoms with Gasteiger partial charge in [-0.05, 0) is 24.7 Å². The Kier molecular flexibility index (Phi) is 33.9. The van der Waals surface area contributed by atoms with E-state index >= 15 is 0 Å². The zero-order valence-corrected chi connectivity index (χ0v) is 29.2. The molecule has 16 heteroatoms. The summed E-state index contributed by atoms with van der Waals surface area (Å²) in [5.74, 6) is -1.61. The summed E-state index contributed by atoms with van der Waals surface area (Å²) >= 11 is -4.65. The van der Waals surface area contributed by atoms with Crippen molar-refractivity contribution in [2.75, 3.05) is 19.8 Å². The molecule has 3 unspecified atom stereocenters. The first-order valence-corrected chi connectivity index (χ1v) is 19.8. The standard InChI is InChI=1S/C20H38O7S.C8H17O.Na.2H2O2.H2O.Ti.H/c1-5-9-11-16(7-3)14-26-19(21)13-18(28(23,24)25)20(22)27-15-17(8-4)12-10-6-2;1-2-3-4-5-6-7-8-9;;2*1-2;;;/h16-18H,5-15H2,1-4H3,(H,23,24,25);2-8H2,1H3;;2*1-2H;1H2;;/q;-1;;;;;+4;/p-3. The molecule has 0 fully saturated rings. The van der Waals surface area contributed by atoms with E-state index in [1.54, 1.807) is 0 Å². The molecule has 0 saturated carbocycles. The molecule has 0 aliphatic rings. The van der Waals surface area contributed by atoms with Gasteiger partial charge < -0.3 is 9.47 Å². The average Bonchev–Trinajstić information content (AvgIpc) is 2.99. The van der Waals surface area contributed by atoms with Gasteiger partial charge in [-0.3, -0.25) is 14.1 Å². The molecule has 260 valence electrons. The molecule has 0 spiro atoms. The van der Waals surface area contributed by atoms with E-state index in [0.717, 1.165) is 70.6 Å². The molecule has 4 N–H and O–H groups in total. The van der Waals surface area contributed by atoms with Gasteiger partial charge in [0, 0.05) is 0 Å². The van der Waals surface area contributed by atoms with Gasteiger partial charge in [-0.15, -0.1) is 0 Å². The van der Waals surface area contributed by atoms with E-state index in [1.165, 1.54) is 19.3 Å². The molecular weight excluding hydrogens is 647 g/mol. The number of carbonyl (C=O) groups excluding carboxylic acids is 2. The Bertz CT molecular complexity index is 800. The fourth-order valence-electron chi connectivity index (χ4n) is 3.97.